The molecule has 0 N–H and O–H groups in total. The zero-order valence-electron chi connectivity index (χ0n) is 12.0. The predicted molar refractivity (Wildman–Crippen MR) is 78.7 cm³/mol. The average molecular weight is 252 g/mol. The Labute approximate surface area is 108 Å². The van der Waals surface area contributed by atoms with E-state index in [0.29, 0.717) is 5.92 Å². The lowest BCUT2D eigenvalue weighted by atomic mass is 9.82. The Hall–Kier alpha value is -0.343. The van der Waals surface area contributed by atoms with Gasteiger partial charge in [0.15, 0.2) is 8.32 Å². The second-order valence-corrected chi connectivity index (χ2v) is 10.3. The van der Waals surface area contributed by atoms with Gasteiger partial charge < -0.3 is 4.43 Å². The molecule has 0 aliphatic heterocycles. The van der Waals surface area contributed by atoms with E-state index in [0.717, 1.165) is 18.6 Å². The molecule has 0 aromatic carbocycles. The van der Waals surface area contributed by atoms with Crippen molar-refractivity contribution in [3.8, 4) is 0 Å². The molecule has 98 valence electrons. The predicted octanol–water partition coefficient (Wildman–Crippen LogP) is 4.78. The molecule has 0 aromatic rings. The van der Waals surface area contributed by atoms with E-state index in [1.54, 1.807) is 5.57 Å². The summed E-state index contributed by atoms with van der Waals surface area (Å²) in [5.74, 6) is 1.52. The van der Waals surface area contributed by atoms with E-state index in [2.05, 4.69) is 39.6 Å². The van der Waals surface area contributed by atoms with E-state index in [-0.39, 0.29) is 0 Å². The van der Waals surface area contributed by atoms with Gasteiger partial charge in [0.05, 0.1) is 0 Å². The van der Waals surface area contributed by atoms with Crippen LogP contribution in [0.2, 0.25) is 19.1 Å². The standard InChI is InChI=1S/C15H28OSi/c1-6-11-17(4,5)16-12-14(3)15-9-7-13(2)8-10-15/h6-7,14-15H,1,8-12H2,2-5H3/t14-,15-/m0/s1. The van der Waals surface area contributed by atoms with Crippen molar-refractivity contribution in [1.29, 1.82) is 0 Å². The first-order valence-electron chi connectivity index (χ1n) is 6.85. The number of hydrogen-bond donors (Lipinski definition) is 0. The Kier molecular flexibility index (Phi) is 5.67. The lowest BCUT2D eigenvalue weighted by molar-refractivity contribution is 0.191. The molecule has 1 nitrogen and oxygen atoms in total. The van der Waals surface area contributed by atoms with Crippen LogP contribution in [0.5, 0.6) is 0 Å². The van der Waals surface area contributed by atoms with Gasteiger partial charge in [-0.15, -0.1) is 6.58 Å². The molecule has 2 atom stereocenters. The molecule has 1 rings (SSSR count). The molecule has 0 amide bonds. The van der Waals surface area contributed by atoms with Gasteiger partial charge in [0.25, 0.3) is 0 Å². The summed E-state index contributed by atoms with van der Waals surface area (Å²) < 4.78 is 6.16. The van der Waals surface area contributed by atoms with Crippen LogP contribution in [0.4, 0.5) is 0 Å². The van der Waals surface area contributed by atoms with Crippen molar-refractivity contribution in [2.75, 3.05) is 6.61 Å². The molecular formula is C15H28OSi. The van der Waals surface area contributed by atoms with Crippen LogP contribution in [0, 0.1) is 11.8 Å². The Morgan fingerprint density at radius 3 is 2.82 bits per heavy atom. The lowest BCUT2D eigenvalue weighted by Crippen LogP contribution is -2.33. The molecule has 0 fully saturated rings. The quantitative estimate of drug-likeness (QED) is 0.488. The summed E-state index contributed by atoms with van der Waals surface area (Å²) in [5, 5.41) is 0. The van der Waals surface area contributed by atoms with Crippen LogP contribution in [0.15, 0.2) is 24.3 Å². The van der Waals surface area contributed by atoms with Gasteiger partial charge in [-0.25, -0.2) is 0 Å². The molecule has 1 aliphatic carbocycles. The molecule has 17 heavy (non-hydrogen) atoms. The molecule has 2 heteroatoms. The topological polar surface area (TPSA) is 9.23 Å². The number of rotatable bonds is 6. The van der Waals surface area contributed by atoms with Gasteiger partial charge in [-0.1, -0.05) is 24.6 Å². The molecule has 0 bridgehead atoms. The Balaban J connectivity index is 2.34. The van der Waals surface area contributed by atoms with Crippen molar-refractivity contribution in [1.82, 2.24) is 0 Å². The molecule has 0 saturated carbocycles. The first kappa shape index (κ1) is 14.7. The van der Waals surface area contributed by atoms with Crippen molar-refractivity contribution in [2.45, 2.75) is 52.2 Å². The van der Waals surface area contributed by atoms with E-state index >= 15 is 0 Å². The van der Waals surface area contributed by atoms with Gasteiger partial charge in [0, 0.05) is 6.61 Å². The zero-order chi connectivity index (χ0) is 12.9. The van der Waals surface area contributed by atoms with Crippen LogP contribution in [0.25, 0.3) is 0 Å². The van der Waals surface area contributed by atoms with Gasteiger partial charge >= 0.3 is 0 Å². The largest absolute Gasteiger partial charge is 0.417 e. The Morgan fingerprint density at radius 1 is 1.59 bits per heavy atom. The fraction of sp³-hybridized carbons (Fsp3) is 0.733. The van der Waals surface area contributed by atoms with Crippen LogP contribution in [-0.4, -0.2) is 14.9 Å². The summed E-state index contributed by atoms with van der Waals surface area (Å²) in [7, 11) is -1.48. The third kappa shape index (κ3) is 5.22. The second-order valence-electron chi connectivity index (χ2n) is 6.13. The van der Waals surface area contributed by atoms with Crippen molar-refractivity contribution in [2.24, 2.45) is 11.8 Å². The summed E-state index contributed by atoms with van der Waals surface area (Å²) in [6.45, 7) is 13.9. The van der Waals surface area contributed by atoms with Gasteiger partial charge in [-0.2, -0.15) is 0 Å². The van der Waals surface area contributed by atoms with E-state index in [1.807, 2.05) is 6.08 Å². The van der Waals surface area contributed by atoms with E-state index in [4.69, 9.17) is 4.43 Å². The van der Waals surface area contributed by atoms with Crippen LogP contribution in [-0.2, 0) is 4.43 Å². The molecular weight excluding hydrogens is 224 g/mol. The highest BCUT2D eigenvalue weighted by Crippen LogP contribution is 2.30. The van der Waals surface area contributed by atoms with Crippen molar-refractivity contribution in [3.63, 3.8) is 0 Å². The maximum absolute atomic E-state index is 6.16. The third-order valence-electron chi connectivity index (χ3n) is 3.86. The minimum Gasteiger partial charge on any atom is -0.417 e. The highest BCUT2D eigenvalue weighted by molar-refractivity contribution is 6.71. The summed E-state index contributed by atoms with van der Waals surface area (Å²) in [6.07, 6.45) is 8.29. The fourth-order valence-corrected chi connectivity index (χ4v) is 3.93. The molecule has 0 radical (unpaired) electrons. The highest BCUT2D eigenvalue weighted by atomic mass is 28.4. The van der Waals surface area contributed by atoms with Gasteiger partial charge in [0.2, 0.25) is 0 Å². The number of allylic oxidation sites excluding steroid dienone is 3. The SMILES string of the molecule is C=CC[Si](C)(C)OC[C@H](C)[C@H]1CC=C(C)CC1. The van der Waals surface area contributed by atoms with E-state index in [9.17, 15) is 0 Å². The van der Waals surface area contributed by atoms with Crippen LogP contribution >= 0.6 is 0 Å². The van der Waals surface area contributed by atoms with Gasteiger partial charge in [-0.3, -0.25) is 0 Å². The zero-order valence-corrected chi connectivity index (χ0v) is 13.0. The normalized spacial score (nSPS) is 23.1. The molecule has 0 unspecified atom stereocenters. The van der Waals surface area contributed by atoms with E-state index in [1.165, 1.54) is 19.3 Å². The van der Waals surface area contributed by atoms with Crippen molar-refractivity contribution in [3.05, 3.63) is 24.3 Å². The molecule has 0 heterocycles. The maximum Gasteiger partial charge on any atom is 0.190 e. The lowest BCUT2D eigenvalue weighted by Gasteiger charge is -2.30. The van der Waals surface area contributed by atoms with Gasteiger partial charge in [-0.05, 0) is 57.2 Å². The van der Waals surface area contributed by atoms with Crippen LogP contribution < -0.4 is 0 Å². The first-order valence-corrected chi connectivity index (χ1v) is 9.96. The summed E-state index contributed by atoms with van der Waals surface area (Å²) in [4.78, 5) is 0. The van der Waals surface area contributed by atoms with Crippen molar-refractivity contribution < 1.29 is 4.43 Å². The minimum atomic E-state index is -1.48. The average Bonchev–Trinajstić information content (AvgIpc) is 2.27. The van der Waals surface area contributed by atoms with Crippen molar-refractivity contribution >= 4 is 8.32 Å². The molecule has 1 aliphatic rings. The third-order valence-corrected chi connectivity index (χ3v) is 6.08. The summed E-state index contributed by atoms with van der Waals surface area (Å²) in [5.41, 5.74) is 1.57. The maximum atomic E-state index is 6.16. The molecule has 0 aromatic heterocycles. The summed E-state index contributed by atoms with van der Waals surface area (Å²) in [6, 6.07) is 1.06. The second kappa shape index (κ2) is 6.55. The molecule has 0 spiro atoms. The summed E-state index contributed by atoms with van der Waals surface area (Å²) >= 11 is 0. The molecule has 0 saturated heterocycles. The van der Waals surface area contributed by atoms with Crippen LogP contribution in [0.3, 0.4) is 0 Å². The monoisotopic (exact) mass is 252 g/mol. The highest BCUT2D eigenvalue weighted by Gasteiger charge is 2.24. The van der Waals surface area contributed by atoms with Gasteiger partial charge in [0.1, 0.15) is 0 Å². The Morgan fingerprint density at radius 2 is 2.29 bits per heavy atom. The first-order chi connectivity index (χ1) is 7.94. The number of hydrogen-bond acceptors (Lipinski definition) is 1. The van der Waals surface area contributed by atoms with Crippen LogP contribution in [0.1, 0.15) is 33.1 Å². The fourth-order valence-electron chi connectivity index (χ4n) is 2.40. The minimum absolute atomic E-state index is 0.691. The Bertz CT molecular complexity index is 281. The van der Waals surface area contributed by atoms with E-state index < -0.39 is 8.32 Å². The smallest absolute Gasteiger partial charge is 0.190 e.